The third kappa shape index (κ3) is 3.90. The molecule has 3 N–H and O–H groups in total. The van der Waals surface area contributed by atoms with Crippen LogP contribution in [-0.4, -0.2) is 24.3 Å². The van der Waals surface area contributed by atoms with Gasteiger partial charge in [0.15, 0.2) is 0 Å². The first-order valence-corrected chi connectivity index (χ1v) is 11.7. The molecule has 2 heterocycles. The van der Waals surface area contributed by atoms with Crippen molar-refractivity contribution in [3.05, 3.63) is 51.8 Å². The number of aryl methyl sites for hydroxylation is 2. The van der Waals surface area contributed by atoms with Gasteiger partial charge in [-0.05, 0) is 56.9 Å². The fraction of sp³-hybridized carbons (Fsp3) is 0.350. The zero-order valence-electron chi connectivity index (χ0n) is 16.4. The molecule has 0 bridgehead atoms. The van der Waals surface area contributed by atoms with E-state index in [9.17, 15) is 13.2 Å². The van der Waals surface area contributed by atoms with Crippen LogP contribution in [0.3, 0.4) is 0 Å². The number of nitrogens with zero attached hydrogens (tertiary/aromatic N) is 2. The average Bonchev–Trinajstić information content (AvgIpc) is 3.45. The Morgan fingerprint density at radius 2 is 1.86 bits per heavy atom. The quantitative estimate of drug-likeness (QED) is 0.644. The standard InChI is InChI=1S/C20H22N4O3S2/c1-10-16-12(3)22-18(14-4-5-14)24-20(16)28-17(10)19(25)23-11(2)13-6-8-15(9-7-13)29(21,26)27/h6-9,11,14H,4-5H2,1-3H3,(H,23,25)(H2,21,26,27). The summed E-state index contributed by atoms with van der Waals surface area (Å²) in [6, 6.07) is 5.89. The van der Waals surface area contributed by atoms with Crippen molar-refractivity contribution in [2.75, 3.05) is 0 Å². The van der Waals surface area contributed by atoms with Gasteiger partial charge < -0.3 is 5.32 Å². The van der Waals surface area contributed by atoms with Crippen molar-refractivity contribution in [3.63, 3.8) is 0 Å². The fourth-order valence-electron chi connectivity index (χ4n) is 3.39. The van der Waals surface area contributed by atoms with Crippen LogP contribution >= 0.6 is 11.3 Å². The number of hydrogen-bond acceptors (Lipinski definition) is 6. The van der Waals surface area contributed by atoms with Gasteiger partial charge in [-0.25, -0.2) is 23.5 Å². The summed E-state index contributed by atoms with van der Waals surface area (Å²) in [4.78, 5) is 23.8. The molecule has 7 nitrogen and oxygen atoms in total. The number of hydrogen-bond donors (Lipinski definition) is 2. The lowest BCUT2D eigenvalue weighted by atomic mass is 10.1. The first kappa shape index (κ1) is 19.9. The Bertz CT molecular complexity index is 1210. The van der Waals surface area contributed by atoms with E-state index >= 15 is 0 Å². The SMILES string of the molecule is Cc1nc(C2CC2)nc2sc(C(=O)NC(C)c3ccc(S(N)(=O)=O)cc3)c(C)c12. The summed E-state index contributed by atoms with van der Waals surface area (Å²) < 4.78 is 22.8. The van der Waals surface area contributed by atoms with Crippen molar-refractivity contribution in [1.29, 1.82) is 0 Å². The monoisotopic (exact) mass is 430 g/mol. The van der Waals surface area contributed by atoms with E-state index in [1.165, 1.54) is 23.5 Å². The van der Waals surface area contributed by atoms with Crippen molar-refractivity contribution in [3.8, 4) is 0 Å². The average molecular weight is 431 g/mol. The van der Waals surface area contributed by atoms with E-state index in [1.807, 2.05) is 20.8 Å². The van der Waals surface area contributed by atoms with Crippen LogP contribution in [0.1, 0.15) is 64.0 Å². The van der Waals surface area contributed by atoms with Gasteiger partial charge in [-0.15, -0.1) is 11.3 Å². The predicted octanol–water partition coefficient (Wildman–Crippen LogP) is 3.32. The highest BCUT2D eigenvalue weighted by molar-refractivity contribution is 7.89. The lowest BCUT2D eigenvalue weighted by molar-refractivity contribution is 0.0943. The summed E-state index contributed by atoms with van der Waals surface area (Å²) in [5.74, 6) is 1.16. The van der Waals surface area contributed by atoms with Gasteiger partial charge in [0, 0.05) is 11.3 Å². The number of rotatable bonds is 5. The van der Waals surface area contributed by atoms with Crippen molar-refractivity contribution in [2.45, 2.75) is 50.5 Å². The maximum atomic E-state index is 12.9. The first-order valence-electron chi connectivity index (χ1n) is 9.36. The Balaban J connectivity index is 1.58. The van der Waals surface area contributed by atoms with E-state index < -0.39 is 10.0 Å². The maximum absolute atomic E-state index is 12.9. The van der Waals surface area contributed by atoms with Crippen LogP contribution in [0.2, 0.25) is 0 Å². The van der Waals surface area contributed by atoms with E-state index in [1.54, 1.807) is 12.1 Å². The molecule has 2 aromatic heterocycles. The molecule has 1 aromatic carbocycles. The van der Waals surface area contributed by atoms with Gasteiger partial charge in [-0.2, -0.15) is 0 Å². The van der Waals surface area contributed by atoms with E-state index in [-0.39, 0.29) is 16.8 Å². The molecular weight excluding hydrogens is 408 g/mol. The van der Waals surface area contributed by atoms with Gasteiger partial charge in [-0.3, -0.25) is 4.79 Å². The van der Waals surface area contributed by atoms with Gasteiger partial charge in [-0.1, -0.05) is 12.1 Å². The number of carbonyl (C=O) groups excluding carboxylic acids is 1. The molecule has 1 atom stereocenters. The van der Waals surface area contributed by atoms with Gasteiger partial charge >= 0.3 is 0 Å². The number of sulfonamides is 1. The molecule has 1 fully saturated rings. The van der Waals surface area contributed by atoms with Crippen LogP contribution in [0.15, 0.2) is 29.2 Å². The number of carbonyl (C=O) groups is 1. The molecule has 9 heteroatoms. The lowest BCUT2D eigenvalue weighted by Gasteiger charge is -2.14. The summed E-state index contributed by atoms with van der Waals surface area (Å²) in [5, 5.41) is 9.07. The Labute approximate surface area is 173 Å². The van der Waals surface area contributed by atoms with E-state index in [0.29, 0.717) is 10.8 Å². The molecule has 3 aromatic rings. The van der Waals surface area contributed by atoms with Crippen LogP contribution < -0.4 is 10.5 Å². The van der Waals surface area contributed by atoms with Crippen LogP contribution in [0.5, 0.6) is 0 Å². The van der Waals surface area contributed by atoms with Gasteiger partial charge in [0.05, 0.1) is 21.5 Å². The molecule has 4 rings (SSSR count). The van der Waals surface area contributed by atoms with Crippen LogP contribution in [0.4, 0.5) is 0 Å². The Morgan fingerprint density at radius 1 is 1.21 bits per heavy atom. The van der Waals surface area contributed by atoms with Gasteiger partial charge in [0.25, 0.3) is 5.91 Å². The Hall–Kier alpha value is -2.36. The van der Waals surface area contributed by atoms with Gasteiger partial charge in [0.1, 0.15) is 10.7 Å². The van der Waals surface area contributed by atoms with E-state index in [2.05, 4.69) is 10.3 Å². The molecule has 1 aliphatic rings. The molecule has 1 saturated carbocycles. The molecule has 1 amide bonds. The highest BCUT2D eigenvalue weighted by Gasteiger charge is 2.28. The van der Waals surface area contributed by atoms with Crippen molar-refractivity contribution >= 4 is 37.5 Å². The predicted molar refractivity (Wildman–Crippen MR) is 113 cm³/mol. The van der Waals surface area contributed by atoms with Crippen molar-refractivity contribution in [2.24, 2.45) is 5.14 Å². The first-order chi connectivity index (χ1) is 13.6. The molecule has 0 spiro atoms. The topological polar surface area (TPSA) is 115 Å². The molecule has 0 saturated heterocycles. The number of aromatic nitrogens is 2. The van der Waals surface area contributed by atoms with Crippen LogP contribution in [0, 0.1) is 13.8 Å². The summed E-state index contributed by atoms with van der Waals surface area (Å²) in [5.41, 5.74) is 2.59. The van der Waals surface area contributed by atoms with E-state index in [4.69, 9.17) is 10.1 Å². The number of amides is 1. The molecule has 0 radical (unpaired) electrons. The minimum absolute atomic E-state index is 0.0423. The number of fused-ring (bicyclic) bond motifs is 1. The number of nitrogens with one attached hydrogen (secondary N) is 1. The Kier molecular flexibility index (Phi) is 4.92. The molecule has 152 valence electrons. The maximum Gasteiger partial charge on any atom is 0.262 e. The number of benzene rings is 1. The molecule has 1 aliphatic carbocycles. The molecular formula is C20H22N4O3S2. The second-order valence-electron chi connectivity index (χ2n) is 7.49. The zero-order chi connectivity index (χ0) is 20.9. The summed E-state index contributed by atoms with van der Waals surface area (Å²) in [6.07, 6.45) is 2.26. The zero-order valence-corrected chi connectivity index (χ0v) is 18.0. The van der Waals surface area contributed by atoms with E-state index in [0.717, 1.165) is 45.7 Å². The lowest BCUT2D eigenvalue weighted by Crippen LogP contribution is -2.26. The number of primary sulfonamides is 1. The normalized spacial score (nSPS) is 15.4. The highest BCUT2D eigenvalue weighted by Crippen LogP contribution is 2.40. The second kappa shape index (κ2) is 7.16. The largest absolute Gasteiger partial charge is 0.345 e. The third-order valence-corrected chi connectivity index (χ3v) is 7.31. The van der Waals surface area contributed by atoms with Crippen molar-refractivity contribution in [1.82, 2.24) is 15.3 Å². The number of nitrogens with two attached hydrogens (primary N) is 1. The minimum atomic E-state index is -3.74. The van der Waals surface area contributed by atoms with Crippen LogP contribution in [-0.2, 0) is 10.0 Å². The molecule has 0 aliphatic heterocycles. The minimum Gasteiger partial charge on any atom is -0.345 e. The summed E-state index contributed by atoms with van der Waals surface area (Å²) in [7, 11) is -3.74. The smallest absolute Gasteiger partial charge is 0.262 e. The highest BCUT2D eigenvalue weighted by atomic mass is 32.2. The van der Waals surface area contributed by atoms with Gasteiger partial charge in [0.2, 0.25) is 10.0 Å². The Morgan fingerprint density at radius 3 is 2.45 bits per heavy atom. The fourth-order valence-corrected chi connectivity index (χ4v) is 5.05. The van der Waals surface area contributed by atoms with Crippen LogP contribution in [0.25, 0.3) is 10.2 Å². The summed E-state index contributed by atoms with van der Waals surface area (Å²) in [6.45, 7) is 5.74. The molecule has 1 unspecified atom stereocenters. The van der Waals surface area contributed by atoms with Crippen molar-refractivity contribution < 1.29 is 13.2 Å². The third-order valence-electron chi connectivity index (χ3n) is 5.19. The molecule has 29 heavy (non-hydrogen) atoms. The summed E-state index contributed by atoms with van der Waals surface area (Å²) >= 11 is 1.39. The second-order valence-corrected chi connectivity index (χ2v) is 10.0. The number of thiophene rings is 1.